The molecule has 1 aromatic carbocycles. The molecule has 0 unspecified atom stereocenters. The highest BCUT2D eigenvalue weighted by Gasteiger charge is 2.09. The van der Waals surface area contributed by atoms with E-state index in [1.54, 1.807) is 13.2 Å². The number of rotatable bonds is 5. The number of carbonyl (C=O) groups is 1. The van der Waals surface area contributed by atoms with Gasteiger partial charge in [-0.3, -0.25) is 4.79 Å². The Morgan fingerprint density at radius 3 is 2.79 bits per heavy atom. The Kier molecular flexibility index (Phi) is 4.60. The zero-order chi connectivity index (χ0) is 13.7. The van der Waals surface area contributed by atoms with Crippen LogP contribution in [0.15, 0.2) is 40.8 Å². The van der Waals surface area contributed by atoms with Gasteiger partial charge in [0, 0.05) is 13.7 Å². The van der Waals surface area contributed by atoms with Crippen LogP contribution < -0.4 is 5.32 Å². The highest BCUT2D eigenvalue weighted by Crippen LogP contribution is 2.13. The molecule has 1 heterocycles. The minimum Gasteiger partial charge on any atom is -0.440 e. The summed E-state index contributed by atoms with van der Waals surface area (Å²) in [6.45, 7) is 0.976. The van der Waals surface area contributed by atoms with Crippen LogP contribution in [0, 0.1) is 0 Å². The molecule has 4 nitrogen and oxygen atoms in total. The molecule has 1 N–H and O–H groups in total. The summed E-state index contributed by atoms with van der Waals surface area (Å²) in [7, 11) is 1.65. The average Bonchev–Trinajstić information content (AvgIpc) is 2.84. The van der Waals surface area contributed by atoms with Gasteiger partial charge in [0.2, 0.25) is 0 Å². The van der Waals surface area contributed by atoms with Crippen molar-refractivity contribution in [2.75, 3.05) is 7.11 Å². The lowest BCUT2D eigenvalue weighted by molar-refractivity contribution is 0.0923. The first kappa shape index (κ1) is 13.6. The molecular weight excluding hydrogens is 266 g/mol. The van der Waals surface area contributed by atoms with Crippen molar-refractivity contribution in [1.82, 2.24) is 5.32 Å². The fraction of sp³-hybridized carbons (Fsp3) is 0.214. The fourth-order valence-corrected chi connectivity index (χ4v) is 1.85. The Morgan fingerprint density at radius 1 is 1.32 bits per heavy atom. The summed E-state index contributed by atoms with van der Waals surface area (Å²) in [4.78, 5) is 11.8. The van der Waals surface area contributed by atoms with E-state index in [4.69, 9.17) is 20.8 Å². The van der Waals surface area contributed by atoms with Gasteiger partial charge in [0.1, 0.15) is 0 Å². The van der Waals surface area contributed by atoms with E-state index in [0.29, 0.717) is 13.2 Å². The maximum absolute atomic E-state index is 11.8. The molecular formula is C14H14ClNO3. The van der Waals surface area contributed by atoms with Crippen molar-refractivity contribution in [2.45, 2.75) is 13.2 Å². The summed E-state index contributed by atoms with van der Waals surface area (Å²) in [5.74, 6) is -0.0814. The largest absolute Gasteiger partial charge is 0.440 e. The average molecular weight is 280 g/mol. The van der Waals surface area contributed by atoms with Gasteiger partial charge < -0.3 is 14.5 Å². The van der Waals surface area contributed by atoms with Crippen LogP contribution in [0.1, 0.15) is 21.7 Å². The maximum Gasteiger partial charge on any atom is 0.287 e. The third kappa shape index (κ3) is 3.84. The van der Waals surface area contributed by atoms with Crippen molar-refractivity contribution in [3.8, 4) is 0 Å². The standard InChI is InChI=1S/C14H14ClNO3/c1-18-9-11-4-2-3-10(7-11)8-16-14(17)12-5-6-13(15)19-12/h2-7H,8-9H2,1H3,(H,16,17). The summed E-state index contributed by atoms with van der Waals surface area (Å²) in [5.41, 5.74) is 2.07. The minimum atomic E-state index is -0.288. The van der Waals surface area contributed by atoms with Crippen LogP contribution in [0.4, 0.5) is 0 Å². The molecule has 19 heavy (non-hydrogen) atoms. The van der Waals surface area contributed by atoms with Gasteiger partial charge in [0.25, 0.3) is 5.91 Å². The SMILES string of the molecule is COCc1cccc(CNC(=O)c2ccc(Cl)o2)c1. The van der Waals surface area contributed by atoms with E-state index in [-0.39, 0.29) is 16.9 Å². The number of furan rings is 1. The Bertz CT molecular complexity index is 565. The predicted octanol–water partition coefficient (Wildman–Crippen LogP) is 3.01. The summed E-state index contributed by atoms with van der Waals surface area (Å²) in [5, 5.41) is 2.97. The van der Waals surface area contributed by atoms with Gasteiger partial charge in [0.15, 0.2) is 11.0 Å². The van der Waals surface area contributed by atoms with E-state index in [1.807, 2.05) is 24.3 Å². The topological polar surface area (TPSA) is 51.5 Å². The molecule has 1 amide bonds. The van der Waals surface area contributed by atoms with Gasteiger partial charge in [-0.15, -0.1) is 0 Å². The maximum atomic E-state index is 11.8. The van der Waals surface area contributed by atoms with Crippen molar-refractivity contribution in [3.05, 3.63) is 58.5 Å². The summed E-state index contributed by atoms with van der Waals surface area (Å²) in [6, 6.07) is 10.9. The molecule has 0 aliphatic heterocycles. The van der Waals surface area contributed by atoms with Crippen LogP contribution in [0.3, 0.4) is 0 Å². The Balaban J connectivity index is 1.95. The smallest absolute Gasteiger partial charge is 0.287 e. The molecule has 0 saturated heterocycles. The first-order valence-electron chi connectivity index (χ1n) is 5.79. The molecule has 0 radical (unpaired) electrons. The highest BCUT2D eigenvalue weighted by molar-refractivity contribution is 6.29. The van der Waals surface area contributed by atoms with E-state index < -0.39 is 0 Å². The molecule has 100 valence electrons. The van der Waals surface area contributed by atoms with E-state index in [2.05, 4.69) is 5.32 Å². The lowest BCUT2D eigenvalue weighted by atomic mass is 10.1. The second-order valence-electron chi connectivity index (χ2n) is 4.04. The number of methoxy groups -OCH3 is 1. The van der Waals surface area contributed by atoms with Crippen molar-refractivity contribution >= 4 is 17.5 Å². The van der Waals surface area contributed by atoms with Gasteiger partial charge in [-0.05, 0) is 34.9 Å². The highest BCUT2D eigenvalue weighted by atomic mass is 35.5. The second-order valence-corrected chi connectivity index (χ2v) is 4.41. The second kappa shape index (κ2) is 6.41. The third-order valence-electron chi connectivity index (χ3n) is 2.55. The number of nitrogens with one attached hydrogen (secondary N) is 1. The molecule has 5 heteroatoms. The molecule has 0 aliphatic rings. The van der Waals surface area contributed by atoms with E-state index >= 15 is 0 Å². The molecule has 0 fully saturated rings. The minimum absolute atomic E-state index is 0.201. The molecule has 2 rings (SSSR count). The van der Waals surface area contributed by atoms with Crippen molar-refractivity contribution in [2.24, 2.45) is 0 Å². The molecule has 0 spiro atoms. The molecule has 1 aromatic heterocycles. The van der Waals surface area contributed by atoms with Crippen molar-refractivity contribution in [3.63, 3.8) is 0 Å². The van der Waals surface area contributed by atoms with Gasteiger partial charge >= 0.3 is 0 Å². The lowest BCUT2D eigenvalue weighted by Gasteiger charge is -2.06. The Hall–Kier alpha value is -1.78. The summed E-state index contributed by atoms with van der Waals surface area (Å²) in [6.07, 6.45) is 0. The number of benzene rings is 1. The number of amides is 1. The van der Waals surface area contributed by atoms with E-state index in [9.17, 15) is 4.79 Å². The number of hydrogen-bond acceptors (Lipinski definition) is 3. The van der Waals surface area contributed by atoms with Crippen LogP contribution in [-0.2, 0) is 17.9 Å². The fourth-order valence-electron chi connectivity index (χ4n) is 1.70. The molecule has 0 saturated carbocycles. The Labute approximate surface area is 116 Å². The monoisotopic (exact) mass is 279 g/mol. The van der Waals surface area contributed by atoms with Crippen LogP contribution in [0.25, 0.3) is 0 Å². The molecule has 0 bridgehead atoms. The van der Waals surface area contributed by atoms with Gasteiger partial charge in [-0.1, -0.05) is 24.3 Å². The molecule has 2 aromatic rings. The van der Waals surface area contributed by atoms with Gasteiger partial charge in [-0.25, -0.2) is 0 Å². The zero-order valence-electron chi connectivity index (χ0n) is 10.5. The number of hydrogen-bond donors (Lipinski definition) is 1. The van der Waals surface area contributed by atoms with Crippen LogP contribution >= 0.6 is 11.6 Å². The van der Waals surface area contributed by atoms with Crippen LogP contribution in [-0.4, -0.2) is 13.0 Å². The van der Waals surface area contributed by atoms with Gasteiger partial charge in [-0.2, -0.15) is 0 Å². The number of carbonyl (C=O) groups excluding carboxylic acids is 1. The predicted molar refractivity (Wildman–Crippen MR) is 72.0 cm³/mol. The number of ether oxygens (including phenoxy) is 1. The van der Waals surface area contributed by atoms with Crippen molar-refractivity contribution in [1.29, 1.82) is 0 Å². The van der Waals surface area contributed by atoms with E-state index in [1.165, 1.54) is 6.07 Å². The first-order valence-corrected chi connectivity index (χ1v) is 6.17. The van der Waals surface area contributed by atoms with E-state index in [0.717, 1.165) is 11.1 Å². The Morgan fingerprint density at radius 2 is 2.11 bits per heavy atom. The van der Waals surface area contributed by atoms with Crippen LogP contribution in [0.2, 0.25) is 5.22 Å². The summed E-state index contributed by atoms with van der Waals surface area (Å²) < 4.78 is 10.1. The third-order valence-corrected chi connectivity index (χ3v) is 2.76. The van der Waals surface area contributed by atoms with Crippen molar-refractivity contribution < 1.29 is 13.9 Å². The first-order chi connectivity index (χ1) is 9.19. The van der Waals surface area contributed by atoms with Crippen LogP contribution in [0.5, 0.6) is 0 Å². The normalized spacial score (nSPS) is 10.4. The lowest BCUT2D eigenvalue weighted by Crippen LogP contribution is -2.22. The number of halogens is 1. The van der Waals surface area contributed by atoms with Gasteiger partial charge in [0.05, 0.1) is 6.61 Å². The molecule has 0 atom stereocenters. The quantitative estimate of drug-likeness (QED) is 0.915. The molecule has 0 aliphatic carbocycles. The summed E-state index contributed by atoms with van der Waals surface area (Å²) >= 11 is 5.62. The zero-order valence-corrected chi connectivity index (χ0v) is 11.2.